The highest BCUT2D eigenvalue weighted by Crippen LogP contribution is 2.28. The van der Waals surface area contributed by atoms with Crippen LogP contribution in [-0.2, 0) is 9.53 Å². The summed E-state index contributed by atoms with van der Waals surface area (Å²) in [5, 5.41) is 14.0. The lowest BCUT2D eigenvalue weighted by molar-refractivity contribution is -0.384. The molecule has 2 rings (SSSR count). The van der Waals surface area contributed by atoms with Gasteiger partial charge >= 0.3 is 5.97 Å². The molecule has 0 aliphatic carbocycles. The molecular weight excluding hydrogens is 362 g/mol. The predicted octanol–water partition coefficient (Wildman–Crippen LogP) is 3.46. The van der Waals surface area contributed by atoms with Crippen molar-refractivity contribution in [1.29, 1.82) is 0 Å². The van der Waals surface area contributed by atoms with Gasteiger partial charge in [0.2, 0.25) is 0 Å². The first-order chi connectivity index (χ1) is 13.1. The number of nitro benzene ring substituents is 1. The maximum atomic E-state index is 12.4. The molecule has 8 heteroatoms. The van der Waals surface area contributed by atoms with Gasteiger partial charge in [-0.1, -0.05) is 12.1 Å². The zero-order valence-electron chi connectivity index (χ0n) is 16.5. The second-order valence-corrected chi connectivity index (χ2v) is 6.71. The highest BCUT2D eigenvalue weighted by Gasteiger charge is 2.23. The Balaban J connectivity index is 2.13. The number of rotatable bonds is 6. The molecule has 0 heterocycles. The first-order valence-corrected chi connectivity index (χ1v) is 8.65. The van der Waals surface area contributed by atoms with Crippen LogP contribution in [0, 0.1) is 24.0 Å². The highest BCUT2D eigenvalue weighted by atomic mass is 16.6. The van der Waals surface area contributed by atoms with Gasteiger partial charge in [-0.05, 0) is 50.1 Å². The molecule has 8 nitrogen and oxygen atoms in total. The number of amides is 1. The summed E-state index contributed by atoms with van der Waals surface area (Å²) in [6.45, 7) is 5.21. The van der Waals surface area contributed by atoms with Crippen molar-refractivity contribution < 1.29 is 19.2 Å². The SMILES string of the molecule is Cc1ccc(C)c(NC(=O)[C@@H](C)OC(=O)c2ccc(N(C)C)c([N+](=O)[O-])c2)c1. The van der Waals surface area contributed by atoms with Gasteiger partial charge in [-0.15, -0.1) is 0 Å². The molecule has 0 aliphatic rings. The molecule has 0 unspecified atom stereocenters. The van der Waals surface area contributed by atoms with E-state index in [9.17, 15) is 19.7 Å². The zero-order valence-corrected chi connectivity index (χ0v) is 16.5. The molecule has 0 aromatic heterocycles. The first-order valence-electron chi connectivity index (χ1n) is 8.65. The molecule has 0 spiro atoms. The molecule has 1 atom stereocenters. The van der Waals surface area contributed by atoms with Crippen LogP contribution in [0.25, 0.3) is 0 Å². The van der Waals surface area contributed by atoms with Crippen molar-refractivity contribution in [3.05, 3.63) is 63.2 Å². The van der Waals surface area contributed by atoms with Crippen LogP contribution >= 0.6 is 0 Å². The minimum absolute atomic E-state index is 0.00341. The van der Waals surface area contributed by atoms with Gasteiger partial charge in [-0.2, -0.15) is 0 Å². The number of aryl methyl sites for hydroxylation is 2. The lowest BCUT2D eigenvalue weighted by atomic mass is 10.1. The van der Waals surface area contributed by atoms with E-state index in [0.717, 1.165) is 17.2 Å². The zero-order chi connectivity index (χ0) is 21.0. The summed E-state index contributed by atoms with van der Waals surface area (Å²) in [6.07, 6.45) is -1.07. The second kappa shape index (κ2) is 8.51. The average Bonchev–Trinajstić information content (AvgIpc) is 2.63. The van der Waals surface area contributed by atoms with E-state index < -0.39 is 22.9 Å². The molecule has 0 saturated heterocycles. The number of nitrogens with one attached hydrogen (secondary N) is 1. The number of nitrogens with zero attached hydrogens (tertiary/aromatic N) is 2. The Bertz CT molecular complexity index is 924. The summed E-state index contributed by atoms with van der Waals surface area (Å²) >= 11 is 0. The fraction of sp³-hybridized carbons (Fsp3) is 0.300. The normalized spacial score (nSPS) is 11.5. The lowest BCUT2D eigenvalue weighted by Crippen LogP contribution is -2.30. The molecule has 0 radical (unpaired) electrons. The highest BCUT2D eigenvalue weighted by molar-refractivity contribution is 5.98. The van der Waals surface area contributed by atoms with Gasteiger partial charge < -0.3 is 15.0 Å². The van der Waals surface area contributed by atoms with Crippen molar-refractivity contribution in [1.82, 2.24) is 0 Å². The third-order valence-electron chi connectivity index (χ3n) is 4.19. The average molecular weight is 385 g/mol. The topological polar surface area (TPSA) is 102 Å². The molecule has 0 bridgehead atoms. The van der Waals surface area contributed by atoms with E-state index in [2.05, 4.69) is 5.32 Å². The summed E-state index contributed by atoms with van der Waals surface area (Å²) in [5.41, 5.74) is 2.66. The smallest absolute Gasteiger partial charge is 0.339 e. The number of benzene rings is 2. The molecule has 2 aromatic carbocycles. The Morgan fingerprint density at radius 3 is 2.43 bits per heavy atom. The molecule has 0 saturated carbocycles. The van der Waals surface area contributed by atoms with Crippen LogP contribution in [0.5, 0.6) is 0 Å². The van der Waals surface area contributed by atoms with Gasteiger partial charge in [0.25, 0.3) is 11.6 Å². The van der Waals surface area contributed by atoms with Crippen LogP contribution in [0.1, 0.15) is 28.4 Å². The number of hydrogen-bond acceptors (Lipinski definition) is 6. The van der Waals surface area contributed by atoms with Crippen molar-refractivity contribution in [3.8, 4) is 0 Å². The Kier molecular flexibility index (Phi) is 6.35. The van der Waals surface area contributed by atoms with Gasteiger partial charge in [0.15, 0.2) is 6.10 Å². The van der Waals surface area contributed by atoms with Crippen molar-refractivity contribution in [2.45, 2.75) is 26.9 Å². The molecule has 1 amide bonds. The van der Waals surface area contributed by atoms with Gasteiger partial charge in [0, 0.05) is 25.8 Å². The Morgan fingerprint density at radius 2 is 1.82 bits per heavy atom. The summed E-state index contributed by atoms with van der Waals surface area (Å²) in [4.78, 5) is 37.0. The number of carbonyl (C=O) groups excluding carboxylic acids is 2. The van der Waals surface area contributed by atoms with Crippen LogP contribution in [0.2, 0.25) is 0 Å². The van der Waals surface area contributed by atoms with Crippen molar-refractivity contribution >= 4 is 28.9 Å². The first kappa shape index (κ1) is 20.9. The van der Waals surface area contributed by atoms with E-state index in [1.165, 1.54) is 19.1 Å². The molecule has 0 fully saturated rings. The molecule has 1 N–H and O–H groups in total. The van der Waals surface area contributed by atoms with Crippen molar-refractivity contribution in [3.63, 3.8) is 0 Å². The Hall–Kier alpha value is -3.42. The number of ether oxygens (including phenoxy) is 1. The third-order valence-corrected chi connectivity index (χ3v) is 4.19. The van der Waals surface area contributed by atoms with Crippen LogP contribution in [0.15, 0.2) is 36.4 Å². The minimum atomic E-state index is -1.07. The number of nitro groups is 1. The monoisotopic (exact) mass is 385 g/mol. The third kappa shape index (κ3) is 4.85. The number of esters is 1. The van der Waals surface area contributed by atoms with Gasteiger partial charge in [-0.25, -0.2) is 4.79 Å². The second-order valence-electron chi connectivity index (χ2n) is 6.71. The fourth-order valence-electron chi connectivity index (χ4n) is 2.56. The standard InChI is InChI=1S/C20H23N3O5/c1-12-6-7-13(2)16(10-12)21-19(24)14(3)28-20(25)15-8-9-17(22(4)5)18(11-15)23(26)27/h6-11,14H,1-5H3,(H,21,24)/t14-/m1/s1. The van der Waals surface area contributed by atoms with E-state index >= 15 is 0 Å². The van der Waals surface area contributed by atoms with Crippen LogP contribution in [-0.4, -0.2) is 37.0 Å². The van der Waals surface area contributed by atoms with Crippen LogP contribution in [0.4, 0.5) is 17.1 Å². The van der Waals surface area contributed by atoms with Crippen LogP contribution < -0.4 is 10.2 Å². The van der Waals surface area contributed by atoms with E-state index in [1.807, 2.05) is 32.0 Å². The quantitative estimate of drug-likeness (QED) is 0.464. The Labute approximate surface area is 163 Å². The van der Waals surface area contributed by atoms with E-state index in [4.69, 9.17) is 4.74 Å². The number of carbonyl (C=O) groups is 2. The minimum Gasteiger partial charge on any atom is -0.449 e. The molecule has 28 heavy (non-hydrogen) atoms. The maximum Gasteiger partial charge on any atom is 0.339 e. The van der Waals surface area contributed by atoms with Gasteiger partial charge in [0.1, 0.15) is 5.69 Å². The van der Waals surface area contributed by atoms with Crippen molar-refractivity contribution in [2.24, 2.45) is 0 Å². The summed E-state index contributed by atoms with van der Waals surface area (Å²) in [6, 6.07) is 9.68. The summed E-state index contributed by atoms with van der Waals surface area (Å²) in [7, 11) is 3.33. The Morgan fingerprint density at radius 1 is 1.14 bits per heavy atom. The molecular formula is C20H23N3O5. The summed E-state index contributed by atoms with van der Waals surface area (Å²) in [5.74, 6) is -1.29. The fourth-order valence-corrected chi connectivity index (χ4v) is 2.56. The van der Waals surface area contributed by atoms with E-state index in [0.29, 0.717) is 11.4 Å². The van der Waals surface area contributed by atoms with E-state index in [-0.39, 0.29) is 11.3 Å². The molecule has 2 aromatic rings. The molecule has 148 valence electrons. The number of anilines is 2. The van der Waals surface area contributed by atoms with Crippen molar-refractivity contribution in [2.75, 3.05) is 24.3 Å². The predicted molar refractivity (Wildman–Crippen MR) is 107 cm³/mol. The van der Waals surface area contributed by atoms with Crippen LogP contribution in [0.3, 0.4) is 0 Å². The van der Waals surface area contributed by atoms with Gasteiger partial charge in [0.05, 0.1) is 10.5 Å². The maximum absolute atomic E-state index is 12.4. The summed E-state index contributed by atoms with van der Waals surface area (Å²) < 4.78 is 5.19. The lowest BCUT2D eigenvalue weighted by Gasteiger charge is -2.16. The number of hydrogen-bond donors (Lipinski definition) is 1. The van der Waals surface area contributed by atoms with E-state index in [1.54, 1.807) is 19.0 Å². The largest absolute Gasteiger partial charge is 0.449 e. The molecule has 0 aliphatic heterocycles. The van der Waals surface area contributed by atoms with Gasteiger partial charge in [-0.3, -0.25) is 14.9 Å².